The van der Waals surface area contributed by atoms with E-state index >= 15 is 0 Å². The van der Waals surface area contributed by atoms with Crippen LogP contribution in [0.2, 0.25) is 0 Å². The van der Waals surface area contributed by atoms with Gasteiger partial charge in [0.15, 0.2) is 0 Å². The van der Waals surface area contributed by atoms with Crippen molar-refractivity contribution in [1.82, 2.24) is 10.2 Å². The molecule has 0 bridgehead atoms. The van der Waals surface area contributed by atoms with Crippen LogP contribution >= 0.6 is 0 Å². The van der Waals surface area contributed by atoms with Gasteiger partial charge in [-0.3, -0.25) is 9.59 Å². The van der Waals surface area contributed by atoms with Crippen LogP contribution in [0.3, 0.4) is 0 Å². The van der Waals surface area contributed by atoms with Crippen LogP contribution in [0.1, 0.15) is 68.6 Å². The highest BCUT2D eigenvalue weighted by atomic mass is 19.4. The van der Waals surface area contributed by atoms with Crippen molar-refractivity contribution >= 4 is 11.8 Å². The fourth-order valence-electron chi connectivity index (χ4n) is 4.71. The molecule has 0 spiro atoms. The molecule has 0 radical (unpaired) electrons. The number of hydrogen-bond donors (Lipinski definition) is 2. The van der Waals surface area contributed by atoms with Gasteiger partial charge in [0.2, 0.25) is 11.8 Å². The summed E-state index contributed by atoms with van der Waals surface area (Å²) < 4.78 is 63.6. The summed E-state index contributed by atoms with van der Waals surface area (Å²) in [6.07, 6.45) is 0.660. The first kappa shape index (κ1) is 36.0. The normalized spacial score (nSPS) is 12.2. The highest BCUT2D eigenvalue weighted by Crippen LogP contribution is 2.29. The number of nitrogens with two attached hydrogens (primary N) is 1. The third-order valence-corrected chi connectivity index (χ3v) is 7.00. The van der Waals surface area contributed by atoms with Crippen LogP contribution in [0.15, 0.2) is 42.5 Å². The van der Waals surface area contributed by atoms with Crippen LogP contribution in [0, 0.1) is 11.7 Å². The summed E-state index contributed by atoms with van der Waals surface area (Å²) in [5.74, 6) is -0.909. The third kappa shape index (κ3) is 14.2. The lowest BCUT2D eigenvalue weighted by Crippen LogP contribution is -2.34. The van der Waals surface area contributed by atoms with Crippen molar-refractivity contribution in [1.29, 1.82) is 0 Å². The second-order valence-electron chi connectivity index (χ2n) is 10.7. The summed E-state index contributed by atoms with van der Waals surface area (Å²) >= 11 is 0. The lowest BCUT2D eigenvalue weighted by atomic mass is 10.0. The number of carbonyl (C=O) groups excluding carboxylic acids is 2. The van der Waals surface area contributed by atoms with E-state index < -0.39 is 23.6 Å². The number of halogens is 4. The molecule has 0 aliphatic heterocycles. The van der Waals surface area contributed by atoms with Gasteiger partial charge < -0.3 is 25.4 Å². The maximum Gasteiger partial charge on any atom is 0.416 e. The molecule has 0 saturated carbocycles. The molecule has 3 N–H and O–H groups in total. The van der Waals surface area contributed by atoms with Gasteiger partial charge in [0, 0.05) is 39.2 Å². The van der Waals surface area contributed by atoms with Crippen LogP contribution in [0.5, 0.6) is 5.75 Å². The average Bonchev–Trinajstić information content (AvgIpc) is 2.95. The number of primary amides is 1. The summed E-state index contributed by atoms with van der Waals surface area (Å²) in [6, 6.07) is 9.92. The summed E-state index contributed by atoms with van der Waals surface area (Å²) in [6.45, 7) is 4.74. The van der Waals surface area contributed by atoms with Crippen molar-refractivity contribution in [2.75, 3.05) is 40.0 Å². The highest BCUT2D eigenvalue weighted by molar-refractivity contribution is 5.79. The Morgan fingerprint density at radius 1 is 1.02 bits per heavy atom. The second-order valence-corrected chi connectivity index (χ2v) is 10.7. The van der Waals surface area contributed by atoms with Crippen LogP contribution in [-0.4, -0.2) is 56.7 Å². The Morgan fingerprint density at radius 2 is 1.81 bits per heavy atom. The lowest BCUT2D eigenvalue weighted by Gasteiger charge is -2.23. The van der Waals surface area contributed by atoms with E-state index in [2.05, 4.69) is 5.32 Å². The van der Waals surface area contributed by atoms with E-state index in [1.54, 1.807) is 11.0 Å². The zero-order chi connectivity index (χ0) is 31.7. The monoisotopic (exact) mass is 611 g/mol. The van der Waals surface area contributed by atoms with Gasteiger partial charge in [-0.15, -0.1) is 0 Å². The zero-order valence-corrected chi connectivity index (χ0v) is 25.2. The van der Waals surface area contributed by atoms with E-state index in [-0.39, 0.29) is 24.8 Å². The molecule has 0 aliphatic carbocycles. The van der Waals surface area contributed by atoms with Gasteiger partial charge in [0.05, 0.1) is 24.7 Å². The minimum Gasteiger partial charge on any atom is -0.493 e. The Kier molecular flexibility index (Phi) is 16.1. The van der Waals surface area contributed by atoms with Crippen molar-refractivity contribution in [2.45, 2.75) is 71.0 Å². The largest absolute Gasteiger partial charge is 0.493 e. The molecular formula is C32H45F4N3O4. The molecule has 11 heteroatoms. The van der Waals surface area contributed by atoms with Crippen molar-refractivity contribution in [2.24, 2.45) is 11.7 Å². The Hall–Kier alpha value is -3.18. The fourth-order valence-corrected chi connectivity index (χ4v) is 4.71. The predicted octanol–water partition coefficient (Wildman–Crippen LogP) is 5.88. The van der Waals surface area contributed by atoms with E-state index in [1.165, 1.54) is 25.3 Å². The van der Waals surface area contributed by atoms with E-state index in [0.717, 1.165) is 43.4 Å². The van der Waals surface area contributed by atoms with Crippen LogP contribution < -0.4 is 15.8 Å². The Morgan fingerprint density at radius 3 is 2.51 bits per heavy atom. The van der Waals surface area contributed by atoms with Gasteiger partial charge in [0.25, 0.3) is 0 Å². The number of nitrogens with one attached hydrogen (secondary N) is 1. The van der Waals surface area contributed by atoms with Gasteiger partial charge >= 0.3 is 6.18 Å². The van der Waals surface area contributed by atoms with E-state index in [1.807, 2.05) is 13.0 Å². The summed E-state index contributed by atoms with van der Waals surface area (Å²) in [5.41, 5.74) is 6.12. The number of amides is 2. The number of nitrogens with zero attached hydrogens (tertiary/aromatic N) is 1. The van der Waals surface area contributed by atoms with Crippen LogP contribution in [0.25, 0.3) is 0 Å². The number of benzene rings is 2. The number of aryl methyl sites for hydroxylation is 1. The highest BCUT2D eigenvalue weighted by Gasteiger charge is 2.30. The lowest BCUT2D eigenvalue weighted by molar-refractivity contribution is -0.137. The molecule has 2 aromatic rings. The van der Waals surface area contributed by atoms with Gasteiger partial charge in [-0.25, -0.2) is 4.39 Å². The minimum absolute atomic E-state index is 0.0225. The fraction of sp³-hybridized carbons (Fsp3) is 0.562. The quantitative estimate of drug-likeness (QED) is 0.136. The molecule has 43 heavy (non-hydrogen) atoms. The molecule has 0 aliphatic rings. The topological polar surface area (TPSA) is 93.9 Å². The standard InChI is InChI=1S/C32H45F4N3O4/c1-3-15-39(30(40)13-12-26(23-42-2)31(37)41)16-6-7-17-43-29-20-24(19-28(33)21-29)9-4-5-14-38-22-25-10-8-11-27(18-25)32(34,35)36/h8,10-11,18-21,26,38H,3-7,9,12-17,22-23H2,1-2H3,(H2,37,41). The SMILES string of the molecule is CCCN(CCCCOc1cc(F)cc(CCCCNCc2cccc(C(F)(F)F)c2)c1)C(=O)CCC(COC)C(N)=O. The first-order valence-corrected chi connectivity index (χ1v) is 14.9. The third-order valence-electron chi connectivity index (χ3n) is 7.00. The molecule has 240 valence electrons. The van der Waals surface area contributed by atoms with Crippen molar-refractivity contribution < 1.29 is 36.6 Å². The molecule has 0 aromatic heterocycles. The first-order valence-electron chi connectivity index (χ1n) is 14.9. The smallest absolute Gasteiger partial charge is 0.416 e. The molecular weight excluding hydrogens is 566 g/mol. The molecule has 2 amide bonds. The number of unbranched alkanes of at least 4 members (excludes halogenated alkanes) is 2. The molecule has 0 fully saturated rings. The molecule has 7 nitrogen and oxygen atoms in total. The van der Waals surface area contributed by atoms with E-state index in [4.69, 9.17) is 15.2 Å². The summed E-state index contributed by atoms with van der Waals surface area (Å²) in [7, 11) is 1.49. The number of methoxy groups -OCH3 is 1. The Balaban J connectivity index is 1.69. The molecule has 0 heterocycles. The van der Waals surface area contributed by atoms with Gasteiger partial charge in [-0.1, -0.05) is 25.1 Å². The van der Waals surface area contributed by atoms with Gasteiger partial charge in [-0.05, 0) is 80.8 Å². The molecule has 1 unspecified atom stereocenters. The van der Waals surface area contributed by atoms with Crippen LogP contribution in [0.4, 0.5) is 17.6 Å². The molecule has 2 aromatic carbocycles. The molecule has 1 atom stereocenters. The maximum atomic E-state index is 14.2. The summed E-state index contributed by atoms with van der Waals surface area (Å²) in [5, 5.41) is 3.16. The van der Waals surface area contributed by atoms with E-state index in [9.17, 15) is 27.2 Å². The van der Waals surface area contributed by atoms with Crippen molar-refractivity contribution in [3.8, 4) is 5.75 Å². The Bertz CT molecular complexity index is 1130. The Labute approximate surface area is 252 Å². The maximum absolute atomic E-state index is 14.2. The predicted molar refractivity (Wildman–Crippen MR) is 158 cm³/mol. The second kappa shape index (κ2) is 19.2. The van der Waals surface area contributed by atoms with E-state index in [0.29, 0.717) is 63.4 Å². The number of carbonyl (C=O) groups is 2. The van der Waals surface area contributed by atoms with Crippen molar-refractivity contribution in [3.63, 3.8) is 0 Å². The number of rotatable bonds is 21. The van der Waals surface area contributed by atoms with Crippen molar-refractivity contribution in [3.05, 3.63) is 65.0 Å². The molecule has 0 saturated heterocycles. The average molecular weight is 612 g/mol. The first-order chi connectivity index (χ1) is 20.5. The number of alkyl halides is 3. The van der Waals surface area contributed by atoms with Crippen LogP contribution in [-0.2, 0) is 33.5 Å². The minimum atomic E-state index is -4.36. The number of ether oxygens (including phenoxy) is 2. The number of hydrogen-bond acceptors (Lipinski definition) is 5. The van der Waals surface area contributed by atoms with Gasteiger partial charge in [0.1, 0.15) is 11.6 Å². The van der Waals surface area contributed by atoms with Gasteiger partial charge in [-0.2, -0.15) is 13.2 Å². The summed E-state index contributed by atoms with van der Waals surface area (Å²) in [4.78, 5) is 26.0. The molecule has 2 rings (SSSR count). The zero-order valence-electron chi connectivity index (χ0n) is 25.2.